The van der Waals surface area contributed by atoms with Crippen molar-refractivity contribution in [3.05, 3.63) is 12.2 Å². The zero-order chi connectivity index (χ0) is 42.4. The van der Waals surface area contributed by atoms with E-state index in [9.17, 15) is 25.2 Å². The van der Waals surface area contributed by atoms with Gasteiger partial charge in [0.25, 0.3) is 0 Å². The average molecular weight is 822 g/mol. The van der Waals surface area contributed by atoms with Gasteiger partial charge in [0.1, 0.15) is 12.2 Å². The summed E-state index contributed by atoms with van der Waals surface area (Å²) >= 11 is 0. The predicted molar refractivity (Wildman–Crippen MR) is 251 cm³/mol. The Morgan fingerprint density at radius 1 is 0.414 bits per heavy atom. The van der Waals surface area contributed by atoms with E-state index in [1.807, 2.05) is 0 Å². The van der Waals surface area contributed by atoms with Gasteiger partial charge in [-0.05, 0) is 38.5 Å². The van der Waals surface area contributed by atoms with E-state index in [-0.39, 0.29) is 0 Å². The zero-order valence-electron chi connectivity index (χ0n) is 39.1. The van der Waals surface area contributed by atoms with Crippen LogP contribution in [0.2, 0.25) is 0 Å². The molecule has 0 rings (SSSR count). The molecular weight excluding hydrogens is 719 g/mol. The maximum atomic E-state index is 12.5. The van der Waals surface area contributed by atoms with Crippen LogP contribution in [0.4, 0.5) is 0 Å². The molecule has 58 heavy (non-hydrogen) atoms. The van der Waals surface area contributed by atoms with Crippen molar-refractivity contribution >= 4 is 5.91 Å². The number of allylic oxidation sites excluding steroid dienone is 2. The summed E-state index contributed by atoms with van der Waals surface area (Å²) in [5, 5.41) is 43.8. The van der Waals surface area contributed by atoms with E-state index < -0.39 is 36.9 Å². The zero-order valence-corrected chi connectivity index (χ0v) is 39.1. The highest BCUT2D eigenvalue weighted by atomic mass is 16.3. The number of nitrogens with one attached hydrogen (secondary N) is 1. The number of aliphatic hydroxyl groups excluding tert-OH is 4. The summed E-state index contributed by atoms with van der Waals surface area (Å²) in [5.74, 6) is -0.589. The van der Waals surface area contributed by atoms with Crippen LogP contribution in [0.3, 0.4) is 0 Å². The molecule has 0 aromatic rings. The van der Waals surface area contributed by atoms with E-state index >= 15 is 0 Å². The normalized spacial score (nSPS) is 14.0. The molecule has 6 heteroatoms. The average Bonchev–Trinajstić information content (AvgIpc) is 3.23. The Morgan fingerprint density at radius 3 is 1.03 bits per heavy atom. The Balaban J connectivity index is 3.65. The Kier molecular flexibility index (Phi) is 46.3. The second-order valence-corrected chi connectivity index (χ2v) is 18.2. The van der Waals surface area contributed by atoms with Crippen molar-refractivity contribution in [2.24, 2.45) is 0 Å². The summed E-state index contributed by atoms with van der Waals surface area (Å²) < 4.78 is 0. The van der Waals surface area contributed by atoms with E-state index in [4.69, 9.17) is 0 Å². The molecule has 0 aromatic heterocycles. The number of carbonyl (C=O) groups excluding carboxylic acids is 1. The Morgan fingerprint density at radius 2 is 0.707 bits per heavy atom. The highest BCUT2D eigenvalue weighted by Crippen LogP contribution is 2.17. The van der Waals surface area contributed by atoms with Gasteiger partial charge in [-0.25, -0.2) is 0 Å². The predicted octanol–water partition coefficient (Wildman–Crippen LogP) is 14.5. The van der Waals surface area contributed by atoms with Gasteiger partial charge in [0.2, 0.25) is 5.91 Å². The molecule has 0 spiro atoms. The van der Waals surface area contributed by atoms with Gasteiger partial charge in [-0.1, -0.05) is 257 Å². The minimum atomic E-state index is -1.28. The Labute approximate surface area is 362 Å². The van der Waals surface area contributed by atoms with Crippen LogP contribution in [0.15, 0.2) is 12.2 Å². The van der Waals surface area contributed by atoms with Crippen molar-refractivity contribution < 1.29 is 25.2 Å². The lowest BCUT2D eigenvalue weighted by Crippen LogP contribution is -2.53. The third-order valence-corrected chi connectivity index (χ3v) is 12.5. The quantitative estimate of drug-likeness (QED) is 0.0310. The molecule has 0 saturated carbocycles. The SMILES string of the molecule is CCCCCCCCCCCCCCCCCCCCCCC/C=C/CCCC(O)C(O)C(CO)NC(=O)C(O)CCCCCCCCCCCCCCCCCC. The molecule has 0 aliphatic rings. The first-order valence-electron chi connectivity index (χ1n) is 26.1. The van der Waals surface area contributed by atoms with Crippen LogP contribution in [0.5, 0.6) is 0 Å². The molecule has 4 unspecified atom stereocenters. The molecule has 0 fully saturated rings. The summed E-state index contributed by atoms with van der Waals surface area (Å²) in [4.78, 5) is 12.5. The van der Waals surface area contributed by atoms with Crippen molar-refractivity contribution in [3.8, 4) is 0 Å². The van der Waals surface area contributed by atoms with Gasteiger partial charge in [0.15, 0.2) is 0 Å². The van der Waals surface area contributed by atoms with Crippen molar-refractivity contribution in [2.45, 2.75) is 308 Å². The van der Waals surface area contributed by atoms with E-state index in [0.717, 1.165) is 38.5 Å². The smallest absolute Gasteiger partial charge is 0.249 e. The van der Waals surface area contributed by atoms with Crippen molar-refractivity contribution in [1.82, 2.24) is 5.32 Å². The fourth-order valence-corrected chi connectivity index (χ4v) is 8.35. The summed E-state index contributed by atoms with van der Waals surface area (Å²) in [5.41, 5.74) is 0. The van der Waals surface area contributed by atoms with Crippen molar-refractivity contribution in [3.63, 3.8) is 0 Å². The van der Waals surface area contributed by atoms with E-state index in [1.54, 1.807) is 0 Å². The lowest BCUT2D eigenvalue weighted by atomic mass is 10.00. The lowest BCUT2D eigenvalue weighted by Gasteiger charge is -2.27. The number of unbranched alkanes of at least 4 members (excludes halogenated alkanes) is 37. The Bertz CT molecular complexity index is 837. The van der Waals surface area contributed by atoms with E-state index in [1.165, 1.54) is 218 Å². The summed E-state index contributed by atoms with van der Waals surface area (Å²) in [6, 6.07) is -0.998. The first kappa shape index (κ1) is 57.1. The topological polar surface area (TPSA) is 110 Å². The second-order valence-electron chi connectivity index (χ2n) is 18.2. The van der Waals surface area contributed by atoms with Gasteiger partial charge in [-0.15, -0.1) is 0 Å². The highest BCUT2D eigenvalue weighted by molar-refractivity contribution is 5.80. The van der Waals surface area contributed by atoms with E-state index in [2.05, 4.69) is 31.3 Å². The Hall–Kier alpha value is -0.950. The van der Waals surface area contributed by atoms with Gasteiger partial charge in [0, 0.05) is 0 Å². The van der Waals surface area contributed by atoms with Gasteiger partial charge in [-0.3, -0.25) is 4.79 Å². The van der Waals surface area contributed by atoms with E-state index in [0.29, 0.717) is 12.8 Å². The first-order chi connectivity index (χ1) is 28.5. The maximum Gasteiger partial charge on any atom is 0.249 e. The lowest BCUT2D eigenvalue weighted by molar-refractivity contribution is -0.132. The van der Waals surface area contributed by atoms with Crippen LogP contribution in [0, 0.1) is 0 Å². The molecule has 4 atom stereocenters. The molecule has 0 bridgehead atoms. The fourth-order valence-electron chi connectivity index (χ4n) is 8.35. The van der Waals surface area contributed by atoms with Crippen LogP contribution in [-0.4, -0.2) is 57.3 Å². The molecule has 0 aliphatic heterocycles. The van der Waals surface area contributed by atoms with Crippen LogP contribution in [0.25, 0.3) is 0 Å². The third-order valence-electron chi connectivity index (χ3n) is 12.5. The summed E-state index contributed by atoms with van der Waals surface area (Å²) in [6.45, 7) is 4.07. The minimum Gasteiger partial charge on any atom is -0.394 e. The largest absolute Gasteiger partial charge is 0.394 e. The molecule has 0 radical (unpaired) electrons. The molecular formula is C52H103NO5. The number of aliphatic hydroxyl groups is 4. The standard InChI is InChI=1S/C52H103NO5/c1-3-5-7-9-11-13-15-17-19-21-22-23-24-25-26-27-28-29-30-32-33-35-37-39-41-43-45-49(55)51(57)48(47-54)53-52(58)50(56)46-44-42-40-38-36-34-31-20-18-16-14-12-10-8-6-4-2/h37,39,48-51,54-57H,3-36,38,40-47H2,1-2H3,(H,53,58)/b39-37+. The van der Waals surface area contributed by atoms with Gasteiger partial charge >= 0.3 is 0 Å². The number of amides is 1. The van der Waals surface area contributed by atoms with Gasteiger partial charge in [-0.2, -0.15) is 0 Å². The number of carbonyl (C=O) groups is 1. The molecule has 5 N–H and O–H groups in total. The number of rotatable bonds is 48. The van der Waals surface area contributed by atoms with Gasteiger partial charge < -0.3 is 25.7 Å². The van der Waals surface area contributed by atoms with Crippen LogP contribution >= 0.6 is 0 Å². The number of hydrogen-bond donors (Lipinski definition) is 5. The summed E-state index contributed by atoms with van der Waals surface area (Å²) in [7, 11) is 0. The maximum absolute atomic E-state index is 12.5. The van der Waals surface area contributed by atoms with Gasteiger partial charge in [0.05, 0.1) is 18.8 Å². The van der Waals surface area contributed by atoms with Crippen LogP contribution in [-0.2, 0) is 4.79 Å². The van der Waals surface area contributed by atoms with Crippen molar-refractivity contribution in [2.75, 3.05) is 6.61 Å². The molecule has 1 amide bonds. The molecule has 6 nitrogen and oxygen atoms in total. The molecule has 0 aromatic carbocycles. The molecule has 346 valence electrons. The van der Waals surface area contributed by atoms with Crippen molar-refractivity contribution in [1.29, 1.82) is 0 Å². The molecule has 0 aliphatic carbocycles. The molecule has 0 saturated heterocycles. The third kappa shape index (κ3) is 40.5. The van der Waals surface area contributed by atoms with Crippen LogP contribution < -0.4 is 5.32 Å². The van der Waals surface area contributed by atoms with Crippen LogP contribution in [0.1, 0.15) is 284 Å². The monoisotopic (exact) mass is 822 g/mol. The fraction of sp³-hybridized carbons (Fsp3) is 0.942. The molecule has 0 heterocycles. The summed E-state index contributed by atoms with van der Waals surface area (Å²) in [6.07, 6.45) is 54.1. The first-order valence-corrected chi connectivity index (χ1v) is 26.1. The highest BCUT2D eigenvalue weighted by Gasteiger charge is 2.28. The number of hydrogen-bond acceptors (Lipinski definition) is 5. The second kappa shape index (κ2) is 47.1. The minimum absolute atomic E-state index is 0.368.